The molecule has 0 heterocycles. The Balaban J connectivity index is 3.12. The Kier molecular flexibility index (Phi) is 4.78. The molecule has 0 radical (unpaired) electrons. The molecule has 1 aromatic rings. The Hall–Kier alpha value is -1.75. The molecule has 0 saturated carbocycles. The summed E-state index contributed by atoms with van der Waals surface area (Å²) in [5.41, 5.74) is 0.576. The minimum absolute atomic E-state index is 0.356. The van der Waals surface area contributed by atoms with E-state index in [0.29, 0.717) is 28.7 Å². The highest BCUT2D eigenvalue weighted by Crippen LogP contribution is 2.36. The molecular weight excluding hydrogens is 246 g/mol. The molecule has 0 fully saturated rings. The summed E-state index contributed by atoms with van der Waals surface area (Å²) in [6.45, 7) is 2.29. The van der Waals surface area contributed by atoms with Gasteiger partial charge in [-0.25, -0.2) is 0 Å². The summed E-state index contributed by atoms with van der Waals surface area (Å²) in [6.07, 6.45) is 2.18. The molecule has 0 saturated heterocycles. The second kappa shape index (κ2) is 6.10. The molecule has 0 aliphatic heterocycles. The van der Waals surface area contributed by atoms with Gasteiger partial charge < -0.3 is 9.47 Å². The van der Waals surface area contributed by atoms with Crippen LogP contribution in [0.25, 0.3) is 6.08 Å². The number of halogens is 1. The second-order valence-corrected chi connectivity index (χ2v) is 3.48. The molecule has 6 heteroatoms. The van der Waals surface area contributed by atoms with Crippen LogP contribution in [-0.2, 0) is 0 Å². The van der Waals surface area contributed by atoms with Gasteiger partial charge in [-0.05, 0) is 24.6 Å². The fourth-order valence-electron chi connectivity index (χ4n) is 1.27. The van der Waals surface area contributed by atoms with Crippen molar-refractivity contribution >= 4 is 17.7 Å². The zero-order valence-corrected chi connectivity index (χ0v) is 10.2. The third-order valence-corrected chi connectivity index (χ3v) is 2.21. The number of nitrogens with zero attached hydrogens (tertiary/aromatic N) is 1. The summed E-state index contributed by atoms with van der Waals surface area (Å²) in [5.74, 6) is 0.886. The van der Waals surface area contributed by atoms with Gasteiger partial charge >= 0.3 is 0 Å². The van der Waals surface area contributed by atoms with Crippen molar-refractivity contribution in [2.75, 3.05) is 13.7 Å². The van der Waals surface area contributed by atoms with Crippen molar-refractivity contribution in [2.45, 2.75) is 6.92 Å². The molecule has 1 aromatic carbocycles. The molecule has 17 heavy (non-hydrogen) atoms. The van der Waals surface area contributed by atoms with Gasteiger partial charge in [-0.1, -0.05) is 11.6 Å². The Morgan fingerprint density at radius 2 is 2.24 bits per heavy atom. The first-order valence-corrected chi connectivity index (χ1v) is 5.28. The number of ether oxygens (including phenoxy) is 2. The molecule has 0 bridgehead atoms. The van der Waals surface area contributed by atoms with E-state index >= 15 is 0 Å². The number of nitro groups is 1. The number of hydrogen-bond donors (Lipinski definition) is 0. The van der Waals surface area contributed by atoms with Gasteiger partial charge in [0.1, 0.15) is 0 Å². The first kappa shape index (κ1) is 13.3. The first-order valence-electron chi connectivity index (χ1n) is 4.90. The molecule has 1 rings (SSSR count). The lowest BCUT2D eigenvalue weighted by molar-refractivity contribution is -0.400. The average molecular weight is 258 g/mol. The lowest BCUT2D eigenvalue weighted by Crippen LogP contribution is -1.96. The van der Waals surface area contributed by atoms with E-state index in [1.54, 1.807) is 12.1 Å². The normalized spacial score (nSPS) is 10.5. The van der Waals surface area contributed by atoms with E-state index in [4.69, 9.17) is 21.1 Å². The van der Waals surface area contributed by atoms with Gasteiger partial charge in [-0.15, -0.1) is 0 Å². The SMILES string of the molecule is CCOc1c(Cl)cc(C=C[N+](=O)[O-])cc1OC. The molecule has 0 amide bonds. The maximum atomic E-state index is 10.2. The van der Waals surface area contributed by atoms with Gasteiger partial charge in [0.2, 0.25) is 6.20 Å². The minimum Gasteiger partial charge on any atom is -0.493 e. The van der Waals surface area contributed by atoms with Gasteiger partial charge in [0.25, 0.3) is 0 Å². The molecule has 92 valence electrons. The quantitative estimate of drug-likeness (QED) is 0.601. The zero-order valence-electron chi connectivity index (χ0n) is 9.47. The molecular formula is C11H12ClNO4. The van der Waals surface area contributed by atoms with E-state index in [2.05, 4.69) is 0 Å². The third-order valence-electron chi connectivity index (χ3n) is 1.93. The Bertz CT molecular complexity index is 445. The van der Waals surface area contributed by atoms with Gasteiger partial charge in [0, 0.05) is 6.08 Å². The average Bonchev–Trinajstić information content (AvgIpc) is 2.29. The van der Waals surface area contributed by atoms with Crippen LogP contribution in [0, 0.1) is 10.1 Å². The predicted molar refractivity (Wildman–Crippen MR) is 65.2 cm³/mol. The summed E-state index contributed by atoms with van der Waals surface area (Å²) >= 11 is 6.00. The zero-order chi connectivity index (χ0) is 12.8. The van der Waals surface area contributed by atoms with Crippen LogP contribution in [0.15, 0.2) is 18.3 Å². The lowest BCUT2D eigenvalue weighted by atomic mass is 10.2. The largest absolute Gasteiger partial charge is 0.493 e. The van der Waals surface area contributed by atoms with E-state index in [-0.39, 0.29) is 0 Å². The van der Waals surface area contributed by atoms with E-state index < -0.39 is 4.92 Å². The topological polar surface area (TPSA) is 61.6 Å². The molecule has 0 unspecified atom stereocenters. The molecule has 0 spiro atoms. The van der Waals surface area contributed by atoms with Crippen LogP contribution in [0.4, 0.5) is 0 Å². The number of rotatable bonds is 5. The van der Waals surface area contributed by atoms with Crippen molar-refractivity contribution in [3.05, 3.63) is 39.0 Å². The van der Waals surface area contributed by atoms with Crippen molar-refractivity contribution < 1.29 is 14.4 Å². The van der Waals surface area contributed by atoms with Crippen LogP contribution in [0.3, 0.4) is 0 Å². The molecule has 0 aromatic heterocycles. The maximum absolute atomic E-state index is 10.2. The summed E-state index contributed by atoms with van der Waals surface area (Å²) < 4.78 is 10.4. The summed E-state index contributed by atoms with van der Waals surface area (Å²) in [6, 6.07) is 3.20. The number of hydrogen-bond acceptors (Lipinski definition) is 4. The van der Waals surface area contributed by atoms with Gasteiger partial charge in [0.05, 0.1) is 23.7 Å². The number of benzene rings is 1. The summed E-state index contributed by atoms with van der Waals surface area (Å²) in [4.78, 5) is 9.67. The van der Waals surface area contributed by atoms with Crippen molar-refractivity contribution in [2.24, 2.45) is 0 Å². The van der Waals surface area contributed by atoms with E-state index in [1.807, 2.05) is 6.92 Å². The standard InChI is InChI=1S/C11H12ClNO4/c1-3-17-11-9(12)6-8(4-5-13(14)15)7-10(11)16-2/h4-7H,3H2,1-2H3. The predicted octanol–water partition coefficient (Wildman–Crippen LogP) is 2.99. The minimum atomic E-state index is -0.545. The highest BCUT2D eigenvalue weighted by atomic mass is 35.5. The van der Waals surface area contributed by atoms with Crippen LogP contribution >= 0.6 is 11.6 Å². The van der Waals surface area contributed by atoms with Gasteiger partial charge in [-0.3, -0.25) is 10.1 Å². The smallest absolute Gasteiger partial charge is 0.235 e. The fraction of sp³-hybridized carbons (Fsp3) is 0.273. The van der Waals surface area contributed by atoms with Gasteiger partial charge in [-0.2, -0.15) is 0 Å². The highest BCUT2D eigenvalue weighted by Gasteiger charge is 2.10. The molecule has 0 aliphatic carbocycles. The summed E-state index contributed by atoms with van der Waals surface area (Å²) in [5, 5.41) is 10.6. The molecule has 5 nitrogen and oxygen atoms in total. The van der Waals surface area contributed by atoms with Crippen LogP contribution in [0.5, 0.6) is 11.5 Å². The molecule has 0 aliphatic rings. The van der Waals surface area contributed by atoms with Crippen LogP contribution < -0.4 is 9.47 Å². The van der Waals surface area contributed by atoms with Crippen molar-refractivity contribution in [1.82, 2.24) is 0 Å². The Morgan fingerprint density at radius 1 is 1.53 bits per heavy atom. The second-order valence-electron chi connectivity index (χ2n) is 3.07. The number of methoxy groups -OCH3 is 1. The van der Waals surface area contributed by atoms with Crippen molar-refractivity contribution in [3.63, 3.8) is 0 Å². The Labute approximate surface area is 104 Å². The molecule has 0 atom stereocenters. The fourth-order valence-corrected chi connectivity index (χ4v) is 1.54. The van der Waals surface area contributed by atoms with Crippen molar-refractivity contribution in [1.29, 1.82) is 0 Å². The van der Waals surface area contributed by atoms with Crippen LogP contribution in [0.2, 0.25) is 5.02 Å². The lowest BCUT2D eigenvalue weighted by Gasteiger charge is -2.11. The third kappa shape index (κ3) is 3.64. The maximum Gasteiger partial charge on any atom is 0.235 e. The molecule has 0 N–H and O–H groups in total. The van der Waals surface area contributed by atoms with Crippen LogP contribution in [0.1, 0.15) is 12.5 Å². The highest BCUT2D eigenvalue weighted by molar-refractivity contribution is 6.32. The van der Waals surface area contributed by atoms with E-state index in [9.17, 15) is 10.1 Å². The van der Waals surface area contributed by atoms with Crippen molar-refractivity contribution in [3.8, 4) is 11.5 Å². The first-order chi connectivity index (χ1) is 8.08. The van der Waals surface area contributed by atoms with Crippen LogP contribution in [-0.4, -0.2) is 18.6 Å². The Morgan fingerprint density at radius 3 is 2.76 bits per heavy atom. The monoisotopic (exact) mass is 257 g/mol. The van der Waals surface area contributed by atoms with E-state index in [0.717, 1.165) is 6.20 Å². The van der Waals surface area contributed by atoms with E-state index in [1.165, 1.54) is 13.2 Å². The summed E-state index contributed by atoms with van der Waals surface area (Å²) in [7, 11) is 1.48. The van der Waals surface area contributed by atoms with Gasteiger partial charge in [0.15, 0.2) is 11.5 Å².